The lowest BCUT2D eigenvalue weighted by Gasteiger charge is -2.29. The Morgan fingerprint density at radius 2 is 1.90 bits per heavy atom. The largest absolute Gasteiger partial charge is 0.326 e. The second-order valence-electron chi connectivity index (χ2n) is 4.87. The highest BCUT2D eigenvalue weighted by molar-refractivity contribution is 9.10. The van der Waals surface area contributed by atoms with E-state index in [1.807, 2.05) is 0 Å². The maximum atomic E-state index is 13.7. The molecule has 112 valence electrons. The summed E-state index contributed by atoms with van der Waals surface area (Å²) in [5.74, 6) is -1.98. The summed E-state index contributed by atoms with van der Waals surface area (Å²) in [5, 5.41) is 0. The average Bonchev–Trinajstić information content (AvgIpc) is 2.30. The Hall–Kier alpha value is -0.570. The Kier molecular flexibility index (Phi) is 4.78. The van der Waals surface area contributed by atoms with Crippen LogP contribution >= 0.6 is 15.9 Å². The van der Waals surface area contributed by atoms with E-state index in [9.17, 15) is 17.2 Å². The van der Waals surface area contributed by atoms with Crippen LogP contribution in [0.5, 0.6) is 0 Å². The van der Waals surface area contributed by atoms with Crippen molar-refractivity contribution in [3.05, 3.63) is 28.2 Å². The Bertz CT molecular complexity index is 586. The van der Waals surface area contributed by atoms with Crippen molar-refractivity contribution in [3.8, 4) is 0 Å². The molecule has 4 nitrogen and oxygen atoms in total. The molecule has 8 heteroatoms. The maximum absolute atomic E-state index is 13.7. The van der Waals surface area contributed by atoms with Crippen molar-refractivity contribution >= 4 is 26.0 Å². The van der Waals surface area contributed by atoms with Gasteiger partial charge in [-0.25, -0.2) is 21.9 Å². The molecular weight excluding hydrogens is 354 g/mol. The third-order valence-corrected chi connectivity index (χ3v) is 5.81. The van der Waals surface area contributed by atoms with Gasteiger partial charge in [-0.05, 0) is 34.8 Å². The monoisotopic (exact) mass is 368 g/mol. The van der Waals surface area contributed by atoms with Crippen molar-refractivity contribution in [2.45, 2.75) is 42.7 Å². The SMILES string of the molecule is NC1CCCCC1NS(=O)(=O)c1c(F)cc(F)cc1Br. The molecule has 20 heavy (non-hydrogen) atoms. The van der Waals surface area contributed by atoms with Gasteiger partial charge in [0.1, 0.15) is 16.5 Å². The summed E-state index contributed by atoms with van der Waals surface area (Å²) in [5.41, 5.74) is 5.87. The smallest absolute Gasteiger partial charge is 0.244 e. The van der Waals surface area contributed by atoms with E-state index in [-0.39, 0.29) is 10.5 Å². The van der Waals surface area contributed by atoms with Crippen molar-refractivity contribution in [2.24, 2.45) is 5.73 Å². The molecule has 0 radical (unpaired) electrons. The molecule has 1 aromatic rings. The minimum atomic E-state index is -4.09. The molecule has 3 N–H and O–H groups in total. The van der Waals surface area contributed by atoms with E-state index < -0.39 is 32.6 Å². The second kappa shape index (κ2) is 6.05. The van der Waals surface area contributed by atoms with E-state index in [1.165, 1.54) is 0 Å². The second-order valence-corrected chi connectivity index (χ2v) is 7.38. The molecule has 1 aliphatic rings. The van der Waals surface area contributed by atoms with Gasteiger partial charge in [0, 0.05) is 22.6 Å². The Balaban J connectivity index is 2.31. The lowest BCUT2D eigenvalue weighted by atomic mass is 9.92. The molecule has 0 spiro atoms. The van der Waals surface area contributed by atoms with E-state index in [0.29, 0.717) is 12.5 Å². The lowest BCUT2D eigenvalue weighted by Crippen LogP contribution is -2.49. The van der Waals surface area contributed by atoms with E-state index in [1.54, 1.807) is 0 Å². The van der Waals surface area contributed by atoms with Crippen LogP contribution in [-0.4, -0.2) is 20.5 Å². The fourth-order valence-electron chi connectivity index (χ4n) is 2.35. The number of hydrogen-bond acceptors (Lipinski definition) is 3. The number of hydrogen-bond donors (Lipinski definition) is 2. The zero-order valence-electron chi connectivity index (χ0n) is 10.6. The maximum Gasteiger partial charge on any atom is 0.244 e. The number of rotatable bonds is 3. The molecule has 0 heterocycles. The number of sulfonamides is 1. The van der Waals surface area contributed by atoms with E-state index in [0.717, 1.165) is 25.3 Å². The first kappa shape index (κ1) is 15.8. The van der Waals surface area contributed by atoms with Gasteiger partial charge in [0.25, 0.3) is 0 Å². The molecule has 0 aliphatic heterocycles. The zero-order chi connectivity index (χ0) is 14.9. The predicted molar refractivity (Wildman–Crippen MR) is 74.6 cm³/mol. The zero-order valence-corrected chi connectivity index (χ0v) is 13.0. The van der Waals surface area contributed by atoms with Crippen molar-refractivity contribution in [1.29, 1.82) is 0 Å². The summed E-state index contributed by atoms with van der Waals surface area (Å²) in [4.78, 5) is -0.586. The van der Waals surface area contributed by atoms with Gasteiger partial charge in [-0.1, -0.05) is 12.8 Å². The summed E-state index contributed by atoms with van der Waals surface area (Å²) in [6, 6.07) is 0.740. The normalized spacial score (nSPS) is 23.8. The predicted octanol–water partition coefficient (Wildman–Crippen LogP) is 2.28. The Labute approximate surface area is 124 Å². The van der Waals surface area contributed by atoms with Crippen molar-refractivity contribution < 1.29 is 17.2 Å². The van der Waals surface area contributed by atoms with E-state index in [4.69, 9.17) is 5.73 Å². The minimum Gasteiger partial charge on any atom is -0.326 e. The van der Waals surface area contributed by atoms with Crippen LogP contribution in [0.25, 0.3) is 0 Å². The number of halogens is 3. The van der Waals surface area contributed by atoms with Crippen molar-refractivity contribution in [3.63, 3.8) is 0 Å². The molecule has 2 atom stereocenters. The standard InChI is InChI=1S/C12H15BrF2N2O2S/c13-8-5-7(14)6-9(15)12(8)20(18,19)17-11-4-2-1-3-10(11)16/h5-6,10-11,17H,1-4,16H2. The number of benzene rings is 1. The van der Waals surface area contributed by atoms with Gasteiger partial charge in [0.15, 0.2) is 0 Å². The molecule has 2 rings (SSSR count). The van der Waals surface area contributed by atoms with Crippen LogP contribution in [0.4, 0.5) is 8.78 Å². The molecule has 1 saturated carbocycles. The molecule has 1 fully saturated rings. The third-order valence-electron chi connectivity index (χ3n) is 3.36. The summed E-state index contributed by atoms with van der Waals surface area (Å²) in [7, 11) is -4.09. The third kappa shape index (κ3) is 3.36. The number of nitrogens with one attached hydrogen (secondary N) is 1. The van der Waals surface area contributed by atoms with Gasteiger partial charge in [-0.15, -0.1) is 0 Å². The van der Waals surface area contributed by atoms with Crippen LogP contribution in [0.1, 0.15) is 25.7 Å². The highest BCUT2D eigenvalue weighted by atomic mass is 79.9. The molecule has 2 unspecified atom stereocenters. The van der Waals surface area contributed by atoms with Crippen LogP contribution in [-0.2, 0) is 10.0 Å². The van der Waals surface area contributed by atoms with Crippen LogP contribution < -0.4 is 10.5 Å². The molecule has 0 aromatic heterocycles. The number of nitrogens with two attached hydrogens (primary N) is 1. The summed E-state index contributed by atoms with van der Waals surface area (Å²) < 4.78 is 53.5. The van der Waals surface area contributed by atoms with Crippen LogP contribution in [0.15, 0.2) is 21.5 Å². The summed E-state index contributed by atoms with van der Waals surface area (Å²) >= 11 is 2.88. The molecule has 1 aromatic carbocycles. The highest BCUT2D eigenvalue weighted by Gasteiger charge is 2.30. The molecule has 0 saturated heterocycles. The topological polar surface area (TPSA) is 72.2 Å². The van der Waals surface area contributed by atoms with Crippen LogP contribution in [0.2, 0.25) is 0 Å². The van der Waals surface area contributed by atoms with Gasteiger partial charge in [-0.3, -0.25) is 0 Å². The molecule has 0 amide bonds. The van der Waals surface area contributed by atoms with Gasteiger partial charge in [0.2, 0.25) is 10.0 Å². The highest BCUT2D eigenvalue weighted by Crippen LogP contribution is 2.27. The first-order chi connectivity index (χ1) is 9.31. The van der Waals surface area contributed by atoms with Crippen LogP contribution in [0.3, 0.4) is 0 Å². The lowest BCUT2D eigenvalue weighted by molar-refractivity contribution is 0.360. The van der Waals surface area contributed by atoms with Gasteiger partial charge in [0.05, 0.1) is 0 Å². The summed E-state index contributed by atoms with van der Waals surface area (Å²) in [6.07, 6.45) is 3.16. The minimum absolute atomic E-state index is 0.146. The van der Waals surface area contributed by atoms with Gasteiger partial charge in [-0.2, -0.15) is 0 Å². The van der Waals surface area contributed by atoms with E-state index >= 15 is 0 Å². The average molecular weight is 369 g/mol. The quantitative estimate of drug-likeness (QED) is 0.859. The van der Waals surface area contributed by atoms with Gasteiger partial charge >= 0.3 is 0 Å². The van der Waals surface area contributed by atoms with E-state index in [2.05, 4.69) is 20.7 Å². The Morgan fingerprint density at radius 3 is 2.50 bits per heavy atom. The first-order valence-electron chi connectivity index (χ1n) is 6.24. The van der Waals surface area contributed by atoms with Crippen LogP contribution in [0, 0.1) is 11.6 Å². The molecule has 1 aliphatic carbocycles. The Morgan fingerprint density at radius 1 is 1.25 bits per heavy atom. The molecule has 0 bridgehead atoms. The fourth-order valence-corrected chi connectivity index (χ4v) is 4.84. The van der Waals surface area contributed by atoms with Crippen molar-refractivity contribution in [2.75, 3.05) is 0 Å². The summed E-state index contributed by atoms with van der Waals surface area (Å²) in [6.45, 7) is 0. The fraction of sp³-hybridized carbons (Fsp3) is 0.500. The first-order valence-corrected chi connectivity index (χ1v) is 8.51. The van der Waals surface area contributed by atoms with Crippen molar-refractivity contribution in [1.82, 2.24) is 4.72 Å². The van der Waals surface area contributed by atoms with Gasteiger partial charge < -0.3 is 5.73 Å². The molecular formula is C12H15BrF2N2O2S.